The summed E-state index contributed by atoms with van der Waals surface area (Å²) in [7, 11) is 1.53. The number of anilines is 1. The summed E-state index contributed by atoms with van der Waals surface area (Å²) >= 11 is 0. The van der Waals surface area contributed by atoms with Crippen LogP contribution in [0.2, 0.25) is 0 Å². The van der Waals surface area contributed by atoms with Crippen molar-refractivity contribution in [3.05, 3.63) is 71.8 Å². The SMILES string of the molecule is COc1ccc(C(=O)COC(=O)c2ccccc2N2C(=O)C3C4C=CC(C5CC45)C3C2=O)cc1. The van der Waals surface area contributed by atoms with Crippen molar-refractivity contribution in [3.63, 3.8) is 0 Å². The molecule has 2 aromatic rings. The van der Waals surface area contributed by atoms with Crippen molar-refractivity contribution >= 4 is 29.3 Å². The number of hydrogen-bond acceptors (Lipinski definition) is 6. The minimum atomic E-state index is -0.753. The third-order valence-corrected chi connectivity index (χ3v) is 7.77. The number of carbonyl (C=O) groups is 4. The summed E-state index contributed by atoms with van der Waals surface area (Å²) in [6.07, 6.45) is 5.31. The standard InChI is InChI=1S/C27H23NO6/c1-33-15-8-6-14(7-9-15)22(29)13-34-27(32)18-4-2-3-5-21(18)28-25(30)23-16-10-11-17(20-12-19(16)20)24(23)26(28)31/h2-11,16-17,19-20,23-24H,12-13H2,1H3. The van der Waals surface area contributed by atoms with Gasteiger partial charge in [-0.3, -0.25) is 14.4 Å². The zero-order valence-electron chi connectivity index (χ0n) is 18.5. The Morgan fingerprint density at radius 3 is 2.15 bits per heavy atom. The first-order valence-corrected chi connectivity index (χ1v) is 11.5. The minimum absolute atomic E-state index is 0.0934. The highest BCUT2D eigenvalue weighted by Crippen LogP contribution is 2.65. The number of methoxy groups -OCH3 is 1. The molecule has 1 saturated heterocycles. The van der Waals surface area contributed by atoms with Crippen LogP contribution in [0.3, 0.4) is 0 Å². The summed E-state index contributed by atoms with van der Waals surface area (Å²) in [5.74, 6) is -0.502. The molecule has 4 aliphatic carbocycles. The third-order valence-electron chi connectivity index (χ3n) is 7.77. The van der Waals surface area contributed by atoms with Crippen LogP contribution in [0.15, 0.2) is 60.7 Å². The summed E-state index contributed by atoms with van der Waals surface area (Å²) in [6.45, 7) is -0.454. The van der Waals surface area contributed by atoms with Gasteiger partial charge in [0.1, 0.15) is 5.75 Å². The molecule has 0 aromatic heterocycles. The predicted molar refractivity (Wildman–Crippen MR) is 121 cm³/mol. The zero-order valence-corrected chi connectivity index (χ0v) is 18.5. The number of amides is 2. The highest BCUT2D eigenvalue weighted by atomic mass is 16.5. The predicted octanol–water partition coefficient (Wildman–Crippen LogP) is 3.29. The number of esters is 1. The first-order chi connectivity index (χ1) is 16.5. The topological polar surface area (TPSA) is 90.0 Å². The summed E-state index contributed by atoms with van der Waals surface area (Å²) < 4.78 is 10.4. The first-order valence-electron chi connectivity index (χ1n) is 11.5. The molecule has 2 amide bonds. The molecular weight excluding hydrogens is 434 g/mol. The number of ketones is 1. The number of rotatable bonds is 6. The highest BCUT2D eigenvalue weighted by molar-refractivity contribution is 6.24. The van der Waals surface area contributed by atoms with Crippen LogP contribution in [-0.2, 0) is 14.3 Å². The van der Waals surface area contributed by atoms with Crippen LogP contribution in [0.4, 0.5) is 5.69 Å². The van der Waals surface area contributed by atoms with Gasteiger partial charge in [-0.2, -0.15) is 0 Å². The zero-order chi connectivity index (χ0) is 23.6. The van der Waals surface area contributed by atoms with E-state index in [1.165, 1.54) is 18.1 Å². The Balaban J connectivity index is 1.22. The lowest BCUT2D eigenvalue weighted by Gasteiger charge is -2.37. The van der Waals surface area contributed by atoms with Crippen molar-refractivity contribution in [1.82, 2.24) is 0 Å². The van der Waals surface area contributed by atoms with Crippen LogP contribution >= 0.6 is 0 Å². The molecular formula is C27H23NO6. The lowest BCUT2D eigenvalue weighted by atomic mass is 9.63. The Morgan fingerprint density at radius 1 is 0.912 bits per heavy atom. The molecule has 2 bridgehead atoms. The molecule has 0 N–H and O–H groups in total. The maximum atomic E-state index is 13.4. The van der Waals surface area contributed by atoms with Crippen LogP contribution in [0.25, 0.3) is 0 Å². The number of carbonyl (C=O) groups excluding carboxylic acids is 4. The largest absolute Gasteiger partial charge is 0.497 e. The van der Waals surface area contributed by atoms with Crippen LogP contribution in [0.1, 0.15) is 27.1 Å². The van der Waals surface area contributed by atoms with E-state index in [0.29, 0.717) is 23.1 Å². The second-order valence-electron chi connectivity index (χ2n) is 9.41. The number of allylic oxidation sites excluding steroid dienone is 2. The fourth-order valence-corrected chi connectivity index (χ4v) is 6.10. The Bertz CT molecular complexity index is 1210. The number of imide groups is 1. The molecule has 6 atom stereocenters. The Kier molecular flexibility index (Phi) is 4.69. The Hall–Kier alpha value is -3.74. The summed E-state index contributed by atoms with van der Waals surface area (Å²) in [4.78, 5) is 53.4. The smallest absolute Gasteiger partial charge is 0.340 e. The van der Waals surface area contributed by atoms with Gasteiger partial charge in [0.2, 0.25) is 11.8 Å². The van der Waals surface area contributed by atoms with Crippen molar-refractivity contribution in [2.24, 2.45) is 35.5 Å². The number of para-hydroxylation sites is 1. The molecule has 34 heavy (non-hydrogen) atoms. The molecule has 2 aromatic carbocycles. The van der Waals surface area contributed by atoms with Gasteiger partial charge in [0, 0.05) is 5.56 Å². The molecule has 6 unspecified atom stereocenters. The van der Waals surface area contributed by atoms with Crippen molar-refractivity contribution in [1.29, 1.82) is 0 Å². The summed E-state index contributed by atoms with van der Waals surface area (Å²) in [6, 6.07) is 12.9. The Morgan fingerprint density at radius 2 is 1.53 bits per heavy atom. The lowest BCUT2D eigenvalue weighted by molar-refractivity contribution is -0.124. The fourth-order valence-electron chi connectivity index (χ4n) is 6.10. The van der Waals surface area contributed by atoms with E-state index in [1.54, 1.807) is 42.5 Å². The molecule has 1 heterocycles. The van der Waals surface area contributed by atoms with Gasteiger partial charge in [-0.15, -0.1) is 0 Å². The maximum Gasteiger partial charge on any atom is 0.340 e. The van der Waals surface area contributed by atoms with Crippen LogP contribution in [-0.4, -0.2) is 37.3 Å². The average molecular weight is 457 g/mol. The molecule has 7 rings (SSSR count). The third kappa shape index (κ3) is 3.03. The second kappa shape index (κ2) is 7.65. The molecule has 7 heteroatoms. The van der Waals surface area contributed by atoms with Crippen molar-refractivity contribution in [2.45, 2.75) is 6.42 Å². The van der Waals surface area contributed by atoms with E-state index in [1.807, 2.05) is 0 Å². The normalized spacial score (nSPS) is 30.1. The van der Waals surface area contributed by atoms with Crippen LogP contribution in [0.5, 0.6) is 5.75 Å². The highest BCUT2D eigenvalue weighted by Gasteiger charge is 2.67. The van der Waals surface area contributed by atoms with Crippen LogP contribution in [0, 0.1) is 35.5 Å². The van der Waals surface area contributed by atoms with E-state index >= 15 is 0 Å². The summed E-state index contributed by atoms with van der Waals surface area (Å²) in [5.41, 5.74) is 0.704. The first kappa shape index (κ1) is 20.8. The number of ether oxygens (including phenoxy) is 2. The van der Waals surface area contributed by atoms with Gasteiger partial charge < -0.3 is 9.47 Å². The number of benzene rings is 2. The number of Topliss-reactive ketones (excluding diaryl/α,β-unsaturated/α-hetero) is 1. The fraction of sp³-hybridized carbons (Fsp3) is 0.333. The molecule has 172 valence electrons. The second-order valence-corrected chi connectivity index (χ2v) is 9.41. The lowest BCUT2D eigenvalue weighted by Crippen LogP contribution is -2.40. The molecule has 0 spiro atoms. The van der Waals surface area contributed by atoms with Gasteiger partial charge >= 0.3 is 5.97 Å². The minimum Gasteiger partial charge on any atom is -0.497 e. The van der Waals surface area contributed by atoms with Gasteiger partial charge in [0.15, 0.2) is 12.4 Å². The van der Waals surface area contributed by atoms with Crippen LogP contribution < -0.4 is 9.64 Å². The molecule has 0 radical (unpaired) electrons. The van der Waals surface area contributed by atoms with Gasteiger partial charge in [-0.05, 0) is 66.5 Å². The van der Waals surface area contributed by atoms with E-state index in [9.17, 15) is 19.2 Å². The van der Waals surface area contributed by atoms with Crippen molar-refractivity contribution in [2.75, 3.05) is 18.6 Å². The van der Waals surface area contributed by atoms with Gasteiger partial charge in [0.05, 0.1) is 30.2 Å². The Labute approximate surface area is 196 Å². The van der Waals surface area contributed by atoms with Gasteiger partial charge in [-0.1, -0.05) is 24.3 Å². The summed E-state index contributed by atoms with van der Waals surface area (Å²) in [5, 5.41) is 0. The number of hydrogen-bond donors (Lipinski definition) is 0. The quantitative estimate of drug-likeness (QED) is 0.286. The van der Waals surface area contributed by atoms with E-state index in [4.69, 9.17) is 9.47 Å². The maximum absolute atomic E-state index is 13.4. The van der Waals surface area contributed by atoms with E-state index in [0.717, 1.165) is 6.42 Å². The molecule has 1 aliphatic heterocycles. The molecule has 2 saturated carbocycles. The van der Waals surface area contributed by atoms with Gasteiger partial charge in [0.25, 0.3) is 0 Å². The molecule has 3 fully saturated rings. The van der Waals surface area contributed by atoms with E-state index in [2.05, 4.69) is 12.2 Å². The average Bonchev–Trinajstić information content (AvgIpc) is 3.65. The number of nitrogens with zero attached hydrogens (tertiary/aromatic N) is 1. The van der Waals surface area contributed by atoms with Crippen molar-refractivity contribution < 1.29 is 28.7 Å². The van der Waals surface area contributed by atoms with E-state index < -0.39 is 12.6 Å². The molecule has 7 nitrogen and oxygen atoms in total. The molecule has 5 aliphatic rings. The van der Waals surface area contributed by atoms with Gasteiger partial charge in [-0.25, -0.2) is 9.69 Å². The van der Waals surface area contributed by atoms with E-state index in [-0.39, 0.29) is 52.5 Å². The van der Waals surface area contributed by atoms with Crippen molar-refractivity contribution in [3.8, 4) is 5.75 Å². The monoisotopic (exact) mass is 457 g/mol.